The molecule has 0 spiro atoms. The Morgan fingerprint density at radius 2 is 2.00 bits per heavy atom. The molecule has 4 nitrogen and oxygen atoms in total. The summed E-state index contributed by atoms with van der Waals surface area (Å²) in [6.07, 6.45) is 0. The predicted molar refractivity (Wildman–Crippen MR) is 101 cm³/mol. The van der Waals surface area contributed by atoms with Crippen LogP contribution in [0.4, 0.5) is 0 Å². The second kappa shape index (κ2) is 8.86. The molecule has 0 atom stereocenters. The Hall–Kier alpha value is -1.63. The van der Waals surface area contributed by atoms with Crippen LogP contribution in [0, 0.1) is 0 Å². The van der Waals surface area contributed by atoms with E-state index in [1.807, 2.05) is 60.4 Å². The van der Waals surface area contributed by atoms with E-state index in [1.54, 1.807) is 0 Å². The lowest BCUT2D eigenvalue weighted by molar-refractivity contribution is 0.297. The van der Waals surface area contributed by atoms with Gasteiger partial charge >= 0.3 is 0 Å². The molecule has 0 aliphatic rings. The zero-order valence-corrected chi connectivity index (χ0v) is 15.4. The number of nitrogens with two attached hydrogens (primary N) is 1. The number of benzene rings is 2. The minimum atomic E-state index is 0.518. The summed E-state index contributed by atoms with van der Waals surface area (Å²) in [6, 6.07) is 16.1. The first-order valence-electron chi connectivity index (χ1n) is 7.34. The summed E-state index contributed by atoms with van der Waals surface area (Å²) in [7, 11) is 0. The van der Waals surface area contributed by atoms with E-state index in [0.717, 1.165) is 27.9 Å². The highest BCUT2D eigenvalue weighted by Crippen LogP contribution is 2.26. The maximum absolute atomic E-state index is 6.01. The molecule has 2 rings (SSSR count). The predicted octanol–water partition coefficient (Wildman–Crippen LogP) is 3.60. The smallest absolute Gasteiger partial charge is 0.183 e. The molecule has 0 radical (unpaired) electrons. The first-order chi connectivity index (χ1) is 11.1. The Balaban J connectivity index is 2.15. The van der Waals surface area contributed by atoms with E-state index in [9.17, 15) is 0 Å². The normalized spacial score (nSPS) is 10.2. The summed E-state index contributed by atoms with van der Waals surface area (Å²) < 4.78 is 6.99. The lowest BCUT2D eigenvalue weighted by Gasteiger charge is -2.24. The highest BCUT2D eigenvalue weighted by molar-refractivity contribution is 9.10. The van der Waals surface area contributed by atoms with Crippen LogP contribution in [0.15, 0.2) is 53.0 Å². The van der Waals surface area contributed by atoms with Gasteiger partial charge in [-0.3, -0.25) is 0 Å². The quantitative estimate of drug-likeness (QED) is 0.446. The second-order valence-corrected chi connectivity index (χ2v) is 6.29. The monoisotopic (exact) mass is 393 g/mol. The minimum absolute atomic E-state index is 0.518. The van der Waals surface area contributed by atoms with Crippen LogP contribution in [0.5, 0.6) is 5.75 Å². The number of nitrogens with zero attached hydrogens (tertiary/aromatic N) is 1. The second-order valence-electron chi connectivity index (χ2n) is 4.99. The van der Waals surface area contributed by atoms with E-state index in [-0.39, 0.29) is 0 Å². The molecule has 0 aliphatic heterocycles. The van der Waals surface area contributed by atoms with Crippen molar-refractivity contribution < 1.29 is 4.74 Å². The van der Waals surface area contributed by atoms with Gasteiger partial charge in [0.25, 0.3) is 0 Å². The van der Waals surface area contributed by atoms with Crippen molar-refractivity contribution in [1.29, 1.82) is 0 Å². The lowest BCUT2D eigenvalue weighted by atomic mass is 10.2. The molecule has 2 aromatic rings. The van der Waals surface area contributed by atoms with Crippen molar-refractivity contribution in [2.24, 2.45) is 5.84 Å². The van der Waals surface area contributed by atoms with E-state index < -0.39 is 0 Å². The van der Waals surface area contributed by atoms with Crippen LogP contribution in [-0.2, 0) is 13.2 Å². The summed E-state index contributed by atoms with van der Waals surface area (Å²) in [5.41, 5.74) is 4.72. The molecule has 0 saturated carbocycles. The fraction of sp³-hybridized carbons (Fsp3) is 0.235. The summed E-state index contributed by atoms with van der Waals surface area (Å²) in [4.78, 5) is 1.98. The van der Waals surface area contributed by atoms with Crippen molar-refractivity contribution in [3.8, 4) is 5.75 Å². The van der Waals surface area contributed by atoms with Crippen molar-refractivity contribution in [1.82, 2.24) is 10.3 Å². The van der Waals surface area contributed by atoms with Gasteiger partial charge < -0.3 is 15.1 Å². The first kappa shape index (κ1) is 17.7. The van der Waals surface area contributed by atoms with Crippen LogP contribution in [-0.4, -0.2) is 16.6 Å². The SMILES string of the molecule is CCN(Cc1ccc(Br)cc1OCc1ccccc1)C(=S)NN. The van der Waals surface area contributed by atoms with Gasteiger partial charge in [0.05, 0.1) is 0 Å². The van der Waals surface area contributed by atoms with E-state index in [4.69, 9.17) is 22.8 Å². The zero-order valence-electron chi connectivity index (χ0n) is 13.0. The van der Waals surface area contributed by atoms with Gasteiger partial charge in [0.15, 0.2) is 5.11 Å². The molecule has 0 fully saturated rings. The van der Waals surface area contributed by atoms with E-state index >= 15 is 0 Å². The number of hydrogen-bond donors (Lipinski definition) is 2. The highest BCUT2D eigenvalue weighted by Gasteiger charge is 2.12. The Labute approximate surface area is 150 Å². The summed E-state index contributed by atoms with van der Waals surface area (Å²) in [5, 5.41) is 0.518. The van der Waals surface area contributed by atoms with Crippen molar-refractivity contribution in [2.75, 3.05) is 6.54 Å². The molecule has 0 heterocycles. The van der Waals surface area contributed by atoms with Crippen LogP contribution in [0.25, 0.3) is 0 Å². The van der Waals surface area contributed by atoms with Crippen molar-refractivity contribution in [3.05, 3.63) is 64.1 Å². The number of thiocarbonyl (C=S) groups is 1. The Bertz CT molecular complexity index is 652. The number of hydrogen-bond acceptors (Lipinski definition) is 3. The summed E-state index contributed by atoms with van der Waals surface area (Å²) >= 11 is 8.72. The van der Waals surface area contributed by atoms with Crippen molar-refractivity contribution >= 4 is 33.3 Å². The molecule has 0 saturated heterocycles. The largest absolute Gasteiger partial charge is 0.489 e. The van der Waals surface area contributed by atoms with Crippen LogP contribution < -0.4 is 16.0 Å². The molecule has 0 unspecified atom stereocenters. The average molecular weight is 394 g/mol. The topological polar surface area (TPSA) is 50.5 Å². The number of rotatable bonds is 6. The maximum atomic E-state index is 6.01. The maximum Gasteiger partial charge on any atom is 0.183 e. The zero-order chi connectivity index (χ0) is 16.7. The highest BCUT2D eigenvalue weighted by atomic mass is 79.9. The van der Waals surface area contributed by atoms with Gasteiger partial charge in [-0.05, 0) is 36.8 Å². The fourth-order valence-corrected chi connectivity index (χ4v) is 2.69. The molecule has 3 N–H and O–H groups in total. The van der Waals surface area contributed by atoms with Crippen molar-refractivity contribution in [3.63, 3.8) is 0 Å². The number of hydrazine groups is 1. The summed E-state index contributed by atoms with van der Waals surface area (Å²) in [6.45, 7) is 3.96. The Kier molecular flexibility index (Phi) is 6.83. The van der Waals surface area contributed by atoms with E-state index in [1.165, 1.54) is 0 Å². The third-order valence-corrected chi connectivity index (χ3v) is 4.29. The van der Waals surface area contributed by atoms with Gasteiger partial charge in [0.1, 0.15) is 12.4 Å². The van der Waals surface area contributed by atoms with Crippen molar-refractivity contribution in [2.45, 2.75) is 20.1 Å². The average Bonchev–Trinajstić information content (AvgIpc) is 2.59. The molecule has 122 valence electrons. The molecule has 0 bridgehead atoms. The van der Waals surface area contributed by atoms with Crippen LogP contribution in [0.1, 0.15) is 18.1 Å². The van der Waals surface area contributed by atoms with Crippen LogP contribution in [0.3, 0.4) is 0 Å². The molecule has 0 amide bonds. The van der Waals surface area contributed by atoms with E-state index in [2.05, 4.69) is 21.4 Å². The van der Waals surface area contributed by atoms with Gasteiger partial charge in [-0.15, -0.1) is 0 Å². The minimum Gasteiger partial charge on any atom is -0.489 e. The Morgan fingerprint density at radius 1 is 1.26 bits per heavy atom. The third-order valence-electron chi connectivity index (χ3n) is 3.42. The van der Waals surface area contributed by atoms with Gasteiger partial charge in [0, 0.05) is 23.1 Å². The molecule has 6 heteroatoms. The van der Waals surface area contributed by atoms with Crippen LogP contribution >= 0.6 is 28.1 Å². The molecular weight excluding hydrogens is 374 g/mol. The van der Waals surface area contributed by atoms with Crippen LogP contribution in [0.2, 0.25) is 0 Å². The number of ether oxygens (including phenoxy) is 1. The third kappa shape index (κ3) is 5.20. The number of halogens is 1. The molecule has 2 aromatic carbocycles. The standard InChI is InChI=1S/C17H20BrN3OS/c1-2-21(17(23)20-19)11-14-8-9-15(18)10-16(14)22-12-13-6-4-3-5-7-13/h3-10H,2,11-12,19H2,1H3,(H,20,23). The lowest BCUT2D eigenvalue weighted by Crippen LogP contribution is -2.42. The molecule has 0 aliphatic carbocycles. The first-order valence-corrected chi connectivity index (χ1v) is 8.54. The molecule has 0 aromatic heterocycles. The Morgan fingerprint density at radius 3 is 2.65 bits per heavy atom. The molecule has 23 heavy (non-hydrogen) atoms. The van der Waals surface area contributed by atoms with E-state index in [0.29, 0.717) is 18.3 Å². The van der Waals surface area contributed by atoms with Gasteiger partial charge in [-0.25, -0.2) is 5.84 Å². The number of nitrogens with one attached hydrogen (secondary N) is 1. The summed E-state index contributed by atoms with van der Waals surface area (Å²) in [5.74, 6) is 6.26. The molecular formula is C17H20BrN3OS. The fourth-order valence-electron chi connectivity index (χ4n) is 2.15. The van der Waals surface area contributed by atoms with Gasteiger partial charge in [-0.2, -0.15) is 0 Å². The van der Waals surface area contributed by atoms with Gasteiger partial charge in [0.2, 0.25) is 0 Å². The van der Waals surface area contributed by atoms with Gasteiger partial charge in [-0.1, -0.05) is 52.3 Å².